The van der Waals surface area contributed by atoms with Crippen molar-refractivity contribution in [2.45, 2.75) is 39.8 Å². The van der Waals surface area contributed by atoms with Crippen LogP contribution >= 0.6 is 0 Å². The van der Waals surface area contributed by atoms with Gasteiger partial charge < -0.3 is 19.5 Å². The van der Waals surface area contributed by atoms with E-state index in [0.717, 1.165) is 28.3 Å². The number of nitrogens with zero attached hydrogens (tertiary/aromatic N) is 2. The number of hydrogen-bond donors (Lipinski definition) is 1. The number of carbonyl (C=O) groups excluding carboxylic acids is 1. The van der Waals surface area contributed by atoms with Gasteiger partial charge in [0.15, 0.2) is 0 Å². The second kappa shape index (κ2) is 8.41. The second-order valence-corrected chi connectivity index (χ2v) is 7.21. The highest BCUT2D eigenvalue weighted by molar-refractivity contribution is 5.95. The number of rotatable bonds is 7. The van der Waals surface area contributed by atoms with Crippen LogP contribution in [0.4, 0.5) is 0 Å². The van der Waals surface area contributed by atoms with Crippen LogP contribution in [0.15, 0.2) is 30.3 Å². The molecule has 0 saturated carbocycles. The van der Waals surface area contributed by atoms with Crippen LogP contribution in [-0.4, -0.2) is 43.1 Å². The number of carbonyl (C=O) groups is 1. The molecule has 0 radical (unpaired) electrons. The van der Waals surface area contributed by atoms with Crippen molar-refractivity contribution in [2.24, 2.45) is 0 Å². The first kappa shape index (κ1) is 20.0. The van der Waals surface area contributed by atoms with Gasteiger partial charge in [-0.25, -0.2) is 0 Å². The molecule has 1 unspecified atom stereocenters. The normalized spacial score (nSPS) is 12.5. The molecule has 2 aromatic rings. The molecule has 1 amide bonds. The molecule has 0 spiro atoms. The number of methoxy groups -OCH3 is 1. The minimum Gasteiger partial charge on any atom is -0.497 e. The summed E-state index contributed by atoms with van der Waals surface area (Å²) in [5, 5.41) is 3.10. The van der Waals surface area contributed by atoms with Crippen LogP contribution in [0.2, 0.25) is 0 Å². The average Bonchev–Trinajstić information content (AvgIpc) is 2.89. The third kappa shape index (κ3) is 4.28. The number of ether oxygens (including phenoxy) is 1. The first-order chi connectivity index (χ1) is 12.3. The van der Waals surface area contributed by atoms with E-state index in [0.29, 0.717) is 12.6 Å². The molecule has 1 heterocycles. The van der Waals surface area contributed by atoms with Crippen LogP contribution in [0, 0.1) is 13.8 Å². The number of nitrogens with one attached hydrogen (secondary N) is 1. The highest BCUT2D eigenvalue weighted by Crippen LogP contribution is 2.22. The molecule has 142 valence electrons. The summed E-state index contributed by atoms with van der Waals surface area (Å²) in [6.07, 6.45) is 0. The molecule has 1 N–H and O–H groups in total. The van der Waals surface area contributed by atoms with Gasteiger partial charge in [0.05, 0.1) is 18.7 Å². The molecule has 1 aromatic carbocycles. The van der Waals surface area contributed by atoms with E-state index in [1.165, 1.54) is 0 Å². The average molecular weight is 357 g/mol. The second-order valence-electron chi connectivity index (χ2n) is 7.21. The Kier molecular flexibility index (Phi) is 6.48. The maximum atomic E-state index is 12.7. The zero-order valence-corrected chi connectivity index (χ0v) is 17.0. The summed E-state index contributed by atoms with van der Waals surface area (Å²) in [6, 6.07) is 10.4. The van der Waals surface area contributed by atoms with Crippen molar-refractivity contribution in [3.05, 3.63) is 52.8 Å². The molecule has 0 aliphatic heterocycles. The highest BCUT2D eigenvalue weighted by Gasteiger charge is 2.20. The molecule has 5 nitrogen and oxygen atoms in total. The highest BCUT2D eigenvalue weighted by atomic mass is 16.5. The minimum absolute atomic E-state index is 0.0228. The fraction of sp³-hybridized carbons (Fsp3) is 0.476. The first-order valence-corrected chi connectivity index (χ1v) is 9.03. The lowest BCUT2D eigenvalue weighted by molar-refractivity contribution is 0.0941. The zero-order valence-electron chi connectivity index (χ0n) is 17.0. The summed E-state index contributed by atoms with van der Waals surface area (Å²) in [5.41, 5.74) is 4.02. The standard InChI is InChI=1S/C21H31N3O2/c1-14(2)24-15(3)12-19(16(24)4)21(25)22-13-20(23(5)6)17-8-10-18(26-7)11-9-17/h8-12,14,20H,13H2,1-7H3,(H,22,25). The van der Waals surface area contributed by atoms with E-state index >= 15 is 0 Å². The SMILES string of the molecule is COc1ccc(C(CNC(=O)c2cc(C)n(C(C)C)c2C)N(C)C)cc1. The molecule has 0 aliphatic rings. The Morgan fingerprint density at radius 2 is 1.81 bits per heavy atom. The maximum Gasteiger partial charge on any atom is 0.253 e. The maximum absolute atomic E-state index is 12.7. The fourth-order valence-corrected chi connectivity index (χ4v) is 3.51. The molecule has 0 saturated heterocycles. The smallest absolute Gasteiger partial charge is 0.253 e. The van der Waals surface area contributed by atoms with Crippen LogP contribution in [0.5, 0.6) is 5.75 Å². The summed E-state index contributed by atoms with van der Waals surface area (Å²) in [4.78, 5) is 14.9. The van der Waals surface area contributed by atoms with Crippen molar-refractivity contribution in [2.75, 3.05) is 27.7 Å². The van der Waals surface area contributed by atoms with Gasteiger partial charge in [0.2, 0.25) is 0 Å². The van der Waals surface area contributed by atoms with Crippen LogP contribution in [-0.2, 0) is 0 Å². The van der Waals surface area contributed by atoms with Gasteiger partial charge in [-0.05, 0) is 65.6 Å². The molecule has 5 heteroatoms. The molecule has 1 aromatic heterocycles. The Labute approximate surface area is 157 Å². The van der Waals surface area contributed by atoms with Crippen LogP contribution < -0.4 is 10.1 Å². The minimum atomic E-state index is -0.0228. The van der Waals surface area contributed by atoms with Crippen LogP contribution in [0.1, 0.15) is 53.2 Å². The molecular formula is C21H31N3O2. The van der Waals surface area contributed by atoms with Gasteiger partial charge >= 0.3 is 0 Å². The predicted molar refractivity (Wildman–Crippen MR) is 106 cm³/mol. The topological polar surface area (TPSA) is 46.5 Å². The Bertz CT molecular complexity index is 745. The van der Waals surface area contributed by atoms with Crippen molar-refractivity contribution in [1.29, 1.82) is 0 Å². The number of likely N-dealkylation sites (N-methyl/N-ethyl adjacent to an activating group) is 1. The summed E-state index contributed by atoms with van der Waals surface area (Å²) in [5.74, 6) is 0.807. The van der Waals surface area contributed by atoms with Gasteiger partial charge in [-0.15, -0.1) is 0 Å². The van der Waals surface area contributed by atoms with E-state index in [-0.39, 0.29) is 11.9 Å². The van der Waals surface area contributed by atoms with Gasteiger partial charge in [0, 0.05) is 24.0 Å². The number of hydrogen-bond acceptors (Lipinski definition) is 3. The Morgan fingerprint density at radius 1 is 1.19 bits per heavy atom. The lowest BCUT2D eigenvalue weighted by Crippen LogP contribution is -2.34. The van der Waals surface area contributed by atoms with E-state index < -0.39 is 0 Å². The molecule has 2 rings (SSSR count). The van der Waals surface area contributed by atoms with E-state index in [9.17, 15) is 4.79 Å². The van der Waals surface area contributed by atoms with Crippen LogP contribution in [0.3, 0.4) is 0 Å². The van der Waals surface area contributed by atoms with Crippen molar-refractivity contribution in [1.82, 2.24) is 14.8 Å². The molecule has 0 aliphatic carbocycles. The fourth-order valence-electron chi connectivity index (χ4n) is 3.51. The summed E-state index contributed by atoms with van der Waals surface area (Å²) in [6.45, 7) is 8.86. The summed E-state index contributed by atoms with van der Waals surface area (Å²) < 4.78 is 7.42. The van der Waals surface area contributed by atoms with Crippen molar-refractivity contribution in [3.8, 4) is 5.75 Å². The zero-order chi connectivity index (χ0) is 19.4. The van der Waals surface area contributed by atoms with Crippen molar-refractivity contribution in [3.63, 3.8) is 0 Å². The van der Waals surface area contributed by atoms with E-state index in [1.54, 1.807) is 7.11 Å². The molecule has 0 bridgehead atoms. The number of aromatic nitrogens is 1. The van der Waals surface area contributed by atoms with E-state index in [4.69, 9.17) is 4.74 Å². The van der Waals surface area contributed by atoms with E-state index in [1.807, 2.05) is 58.3 Å². The monoisotopic (exact) mass is 357 g/mol. The van der Waals surface area contributed by atoms with Gasteiger partial charge in [-0.1, -0.05) is 12.1 Å². The van der Waals surface area contributed by atoms with Gasteiger partial charge in [-0.3, -0.25) is 4.79 Å². The Morgan fingerprint density at radius 3 is 2.27 bits per heavy atom. The van der Waals surface area contributed by atoms with Gasteiger partial charge in [0.25, 0.3) is 5.91 Å². The lowest BCUT2D eigenvalue weighted by atomic mass is 10.1. The Hall–Kier alpha value is -2.27. The molecule has 26 heavy (non-hydrogen) atoms. The number of amides is 1. The first-order valence-electron chi connectivity index (χ1n) is 9.03. The van der Waals surface area contributed by atoms with E-state index in [2.05, 4.69) is 28.6 Å². The van der Waals surface area contributed by atoms with Crippen LogP contribution in [0.25, 0.3) is 0 Å². The molecule has 1 atom stereocenters. The van der Waals surface area contributed by atoms with Crippen molar-refractivity contribution >= 4 is 5.91 Å². The predicted octanol–water partition coefficient (Wildman–Crippen LogP) is 3.73. The van der Waals surface area contributed by atoms with Gasteiger partial charge in [-0.2, -0.15) is 0 Å². The third-order valence-corrected chi connectivity index (χ3v) is 4.83. The molecule has 0 fully saturated rings. The number of benzene rings is 1. The quantitative estimate of drug-likeness (QED) is 0.821. The summed E-state index contributed by atoms with van der Waals surface area (Å²) in [7, 11) is 5.70. The lowest BCUT2D eigenvalue weighted by Gasteiger charge is -2.25. The largest absolute Gasteiger partial charge is 0.497 e. The van der Waals surface area contributed by atoms with Crippen molar-refractivity contribution < 1.29 is 9.53 Å². The third-order valence-electron chi connectivity index (χ3n) is 4.83. The Balaban J connectivity index is 2.14. The molecular weight excluding hydrogens is 326 g/mol. The summed E-state index contributed by atoms with van der Waals surface area (Å²) >= 11 is 0. The van der Waals surface area contributed by atoms with Gasteiger partial charge in [0.1, 0.15) is 5.75 Å². The number of aryl methyl sites for hydroxylation is 1.